The fourth-order valence-corrected chi connectivity index (χ4v) is 3.76. The van der Waals surface area contributed by atoms with Crippen molar-refractivity contribution >= 4 is 11.8 Å². The molecule has 24 heavy (non-hydrogen) atoms. The average molecular weight is 330 g/mol. The molecule has 0 aromatic heterocycles. The van der Waals surface area contributed by atoms with Crippen molar-refractivity contribution in [2.75, 3.05) is 7.11 Å². The summed E-state index contributed by atoms with van der Waals surface area (Å²) in [5, 5.41) is 3.16. The van der Waals surface area contributed by atoms with Gasteiger partial charge >= 0.3 is 0 Å². The molecule has 1 saturated heterocycles. The van der Waals surface area contributed by atoms with Gasteiger partial charge in [0, 0.05) is 19.0 Å². The van der Waals surface area contributed by atoms with Crippen molar-refractivity contribution < 1.29 is 14.3 Å². The lowest BCUT2D eigenvalue weighted by atomic mass is 9.96. The number of nitrogens with zero attached hydrogens (tertiary/aromatic N) is 1. The van der Waals surface area contributed by atoms with Crippen molar-refractivity contribution in [2.45, 2.75) is 63.6 Å². The molecular weight excluding hydrogens is 304 g/mol. The molecule has 1 saturated carbocycles. The highest BCUT2D eigenvalue weighted by atomic mass is 16.5. The van der Waals surface area contributed by atoms with Crippen LogP contribution in [0, 0.1) is 0 Å². The SMILES string of the molecule is COc1cccc(CN2C(=O)CCC2(C)C(=O)NC2CCCC2)c1. The molecule has 5 nitrogen and oxygen atoms in total. The highest BCUT2D eigenvalue weighted by molar-refractivity contribution is 5.94. The molecular formula is C19H26N2O3. The van der Waals surface area contributed by atoms with Gasteiger partial charge in [-0.15, -0.1) is 0 Å². The number of hydrogen-bond acceptors (Lipinski definition) is 3. The van der Waals surface area contributed by atoms with Gasteiger partial charge in [0.05, 0.1) is 7.11 Å². The number of nitrogens with one attached hydrogen (secondary N) is 1. The van der Waals surface area contributed by atoms with Gasteiger partial charge < -0.3 is 15.0 Å². The second-order valence-corrected chi connectivity index (χ2v) is 7.06. The Kier molecular flexibility index (Phi) is 4.78. The van der Waals surface area contributed by atoms with E-state index in [0.717, 1.165) is 24.2 Å². The number of rotatable bonds is 5. The van der Waals surface area contributed by atoms with E-state index >= 15 is 0 Å². The Morgan fingerprint density at radius 3 is 2.83 bits per heavy atom. The molecule has 2 fully saturated rings. The van der Waals surface area contributed by atoms with Crippen LogP contribution in [0.1, 0.15) is 51.0 Å². The predicted molar refractivity (Wildman–Crippen MR) is 91.6 cm³/mol. The zero-order valence-electron chi connectivity index (χ0n) is 14.5. The summed E-state index contributed by atoms with van der Waals surface area (Å²) in [6.45, 7) is 2.33. The van der Waals surface area contributed by atoms with Crippen LogP contribution < -0.4 is 10.1 Å². The number of hydrogen-bond donors (Lipinski definition) is 1. The number of benzene rings is 1. The van der Waals surface area contributed by atoms with E-state index in [9.17, 15) is 9.59 Å². The zero-order chi connectivity index (χ0) is 17.2. The molecule has 1 aliphatic heterocycles. The Bertz CT molecular complexity index is 625. The van der Waals surface area contributed by atoms with E-state index in [0.29, 0.717) is 19.4 Å². The van der Waals surface area contributed by atoms with Crippen molar-refractivity contribution in [2.24, 2.45) is 0 Å². The molecule has 0 bridgehead atoms. The molecule has 1 heterocycles. The summed E-state index contributed by atoms with van der Waals surface area (Å²) in [4.78, 5) is 27.0. The molecule has 2 aliphatic rings. The number of amides is 2. The van der Waals surface area contributed by atoms with Gasteiger partial charge in [-0.05, 0) is 43.9 Å². The van der Waals surface area contributed by atoms with Crippen molar-refractivity contribution in [3.8, 4) is 5.75 Å². The standard InChI is InChI=1S/C19H26N2O3/c1-19(18(23)20-15-7-3-4-8-15)11-10-17(22)21(19)13-14-6-5-9-16(12-14)24-2/h5-6,9,12,15H,3-4,7-8,10-11,13H2,1-2H3,(H,20,23). The molecule has 1 aromatic rings. The Balaban J connectivity index is 1.75. The van der Waals surface area contributed by atoms with Crippen LogP contribution in [0.3, 0.4) is 0 Å². The number of ether oxygens (including phenoxy) is 1. The predicted octanol–water partition coefficient (Wildman–Crippen LogP) is 2.64. The van der Waals surface area contributed by atoms with Crippen LogP contribution >= 0.6 is 0 Å². The zero-order valence-corrected chi connectivity index (χ0v) is 14.5. The molecule has 2 amide bonds. The van der Waals surface area contributed by atoms with Gasteiger partial charge in [-0.1, -0.05) is 25.0 Å². The second kappa shape index (κ2) is 6.83. The molecule has 0 radical (unpaired) electrons. The number of methoxy groups -OCH3 is 1. The lowest BCUT2D eigenvalue weighted by molar-refractivity contribution is -0.141. The van der Waals surface area contributed by atoms with E-state index < -0.39 is 5.54 Å². The van der Waals surface area contributed by atoms with E-state index in [1.165, 1.54) is 12.8 Å². The smallest absolute Gasteiger partial charge is 0.245 e. The van der Waals surface area contributed by atoms with Crippen molar-refractivity contribution in [1.82, 2.24) is 10.2 Å². The highest BCUT2D eigenvalue weighted by Crippen LogP contribution is 2.33. The van der Waals surface area contributed by atoms with E-state index in [-0.39, 0.29) is 17.9 Å². The fraction of sp³-hybridized carbons (Fsp3) is 0.579. The Morgan fingerprint density at radius 1 is 1.38 bits per heavy atom. The van der Waals surface area contributed by atoms with E-state index in [2.05, 4.69) is 5.32 Å². The molecule has 0 spiro atoms. The molecule has 5 heteroatoms. The van der Waals surface area contributed by atoms with Crippen LogP contribution in [0.2, 0.25) is 0 Å². The highest BCUT2D eigenvalue weighted by Gasteiger charge is 2.47. The average Bonchev–Trinajstić information content (AvgIpc) is 3.19. The first kappa shape index (κ1) is 16.8. The van der Waals surface area contributed by atoms with E-state index in [1.807, 2.05) is 31.2 Å². The van der Waals surface area contributed by atoms with Gasteiger partial charge in [-0.3, -0.25) is 9.59 Å². The first-order valence-electron chi connectivity index (χ1n) is 8.77. The molecule has 1 unspecified atom stereocenters. The summed E-state index contributed by atoms with van der Waals surface area (Å²) in [6, 6.07) is 7.93. The Morgan fingerprint density at radius 2 is 2.12 bits per heavy atom. The van der Waals surface area contributed by atoms with Crippen LogP contribution in [0.25, 0.3) is 0 Å². The van der Waals surface area contributed by atoms with Gasteiger partial charge in [0.1, 0.15) is 11.3 Å². The maximum Gasteiger partial charge on any atom is 0.245 e. The lowest BCUT2D eigenvalue weighted by Gasteiger charge is -2.35. The minimum atomic E-state index is -0.761. The monoisotopic (exact) mass is 330 g/mol. The quantitative estimate of drug-likeness (QED) is 0.903. The summed E-state index contributed by atoms with van der Waals surface area (Å²) in [5.74, 6) is 0.793. The lowest BCUT2D eigenvalue weighted by Crippen LogP contribution is -2.55. The third kappa shape index (κ3) is 3.25. The maximum atomic E-state index is 12.9. The topological polar surface area (TPSA) is 58.6 Å². The minimum Gasteiger partial charge on any atom is -0.497 e. The Hall–Kier alpha value is -2.04. The summed E-state index contributed by atoms with van der Waals surface area (Å²) in [7, 11) is 1.62. The van der Waals surface area contributed by atoms with Crippen LogP contribution in [0.4, 0.5) is 0 Å². The van der Waals surface area contributed by atoms with E-state index in [1.54, 1.807) is 12.0 Å². The van der Waals surface area contributed by atoms with Crippen LogP contribution in [-0.2, 0) is 16.1 Å². The molecule has 3 rings (SSSR count). The van der Waals surface area contributed by atoms with Crippen molar-refractivity contribution in [1.29, 1.82) is 0 Å². The molecule has 1 aliphatic carbocycles. The summed E-state index contributed by atoms with van der Waals surface area (Å²) in [6.07, 6.45) is 5.45. The summed E-state index contributed by atoms with van der Waals surface area (Å²) < 4.78 is 5.25. The second-order valence-electron chi connectivity index (χ2n) is 7.06. The van der Waals surface area contributed by atoms with Gasteiger partial charge in [-0.2, -0.15) is 0 Å². The van der Waals surface area contributed by atoms with Crippen LogP contribution in [0.5, 0.6) is 5.75 Å². The molecule has 1 aromatic carbocycles. The van der Waals surface area contributed by atoms with Gasteiger partial charge in [0.15, 0.2) is 0 Å². The van der Waals surface area contributed by atoms with Gasteiger partial charge in [0.2, 0.25) is 11.8 Å². The summed E-state index contributed by atoms with van der Waals surface area (Å²) in [5.41, 5.74) is 0.215. The van der Waals surface area contributed by atoms with Crippen molar-refractivity contribution in [3.63, 3.8) is 0 Å². The third-order valence-electron chi connectivity index (χ3n) is 5.38. The number of carbonyl (C=O) groups excluding carboxylic acids is 2. The number of carbonyl (C=O) groups is 2. The number of likely N-dealkylation sites (tertiary alicyclic amines) is 1. The summed E-state index contributed by atoms with van der Waals surface area (Å²) >= 11 is 0. The first-order valence-corrected chi connectivity index (χ1v) is 8.77. The Labute approximate surface area is 143 Å². The fourth-order valence-electron chi connectivity index (χ4n) is 3.76. The van der Waals surface area contributed by atoms with Gasteiger partial charge in [-0.25, -0.2) is 0 Å². The van der Waals surface area contributed by atoms with Gasteiger partial charge in [0.25, 0.3) is 0 Å². The maximum absolute atomic E-state index is 12.9. The van der Waals surface area contributed by atoms with E-state index in [4.69, 9.17) is 4.74 Å². The normalized spacial score (nSPS) is 24.4. The van der Waals surface area contributed by atoms with Crippen molar-refractivity contribution in [3.05, 3.63) is 29.8 Å². The third-order valence-corrected chi connectivity index (χ3v) is 5.38. The molecule has 130 valence electrons. The van der Waals surface area contributed by atoms with Crippen LogP contribution in [-0.4, -0.2) is 35.4 Å². The molecule has 1 N–H and O–H groups in total. The minimum absolute atomic E-state index is 0.0110. The largest absolute Gasteiger partial charge is 0.497 e. The first-order chi connectivity index (χ1) is 11.5. The van der Waals surface area contributed by atoms with Crippen LogP contribution in [0.15, 0.2) is 24.3 Å². The molecule has 1 atom stereocenters.